The number of rotatable bonds is 5. The van der Waals surface area contributed by atoms with Gasteiger partial charge in [0.2, 0.25) is 5.91 Å². The van der Waals surface area contributed by atoms with Crippen LogP contribution in [-0.4, -0.2) is 70.6 Å². The summed E-state index contributed by atoms with van der Waals surface area (Å²) >= 11 is 6.76. The lowest BCUT2D eigenvalue weighted by Gasteiger charge is -2.43. The topological polar surface area (TPSA) is 112 Å². The zero-order valence-corrected chi connectivity index (χ0v) is 26.2. The number of carbonyl (C=O) groups is 1. The highest BCUT2D eigenvalue weighted by Gasteiger charge is 2.42. The molecule has 1 aromatic carbocycles. The molecule has 10 nitrogen and oxygen atoms in total. The van der Waals surface area contributed by atoms with Gasteiger partial charge in [-0.3, -0.25) is 4.79 Å². The summed E-state index contributed by atoms with van der Waals surface area (Å²) in [5.74, 6) is -0.943. The van der Waals surface area contributed by atoms with Crippen LogP contribution in [0.4, 0.5) is 15.9 Å². The largest absolute Gasteiger partial charge is 0.352 e. The fourth-order valence-corrected chi connectivity index (χ4v) is 6.97. The number of amides is 1. The normalized spacial score (nSPS) is 18.1. The van der Waals surface area contributed by atoms with Crippen molar-refractivity contribution >= 4 is 45.1 Å². The quantitative estimate of drug-likeness (QED) is 0.347. The van der Waals surface area contributed by atoms with Gasteiger partial charge < -0.3 is 9.80 Å². The van der Waals surface area contributed by atoms with Gasteiger partial charge in [-0.15, -0.1) is 4.40 Å². The van der Waals surface area contributed by atoms with Gasteiger partial charge in [-0.25, -0.2) is 19.3 Å². The molecular formula is C30H33ClFN7O3S. The van der Waals surface area contributed by atoms with E-state index in [2.05, 4.69) is 20.9 Å². The van der Waals surface area contributed by atoms with Crippen molar-refractivity contribution in [3.8, 4) is 11.3 Å². The minimum Gasteiger partial charge on any atom is -0.349 e. The second-order valence-corrected chi connectivity index (χ2v) is 13.0. The third-order valence-electron chi connectivity index (χ3n) is 7.51. The third kappa shape index (κ3) is 5.49. The van der Waals surface area contributed by atoms with E-state index < -0.39 is 16.0 Å². The summed E-state index contributed by atoms with van der Waals surface area (Å²) < 4.78 is 49.0. The van der Waals surface area contributed by atoms with E-state index in [0.29, 0.717) is 36.6 Å². The van der Waals surface area contributed by atoms with Gasteiger partial charge in [0.25, 0.3) is 0 Å². The summed E-state index contributed by atoms with van der Waals surface area (Å²) in [6.45, 7) is 14.1. The van der Waals surface area contributed by atoms with Crippen LogP contribution >= 0.6 is 11.6 Å². The molecule has 0 radical (unpaired) electrons. The van der Waals surface area contributed by atoms with E-state index >= 15 is 4.39 Å². The Morgan fingerprint density at radius 1 is 1.09 bits per heavy atom. The predicted octanol–water partition coefficient (Wildman–Crippen LogP) is 5.44. The molecule has 0 spiro atoms. The first-order chi connectivity index (χ1) is 20.4. The number of amidine groups is 1. The number of hydrogen-bond acceptors (Lipinski definition) is 7. The molecule has 5 rings (SSSR count). The van der Waals surface area contributed by atoms with Crippen molar-refractivity contribution in [3.63, 3.8) is 0 Å². The fraction of sp³-hybridized carbons (Fsp3) is 0.367. The van der Waals surface area contributed by atoms with Crippen LogP contribution in [0.3, 0.4) is 0 Å². The molecule has 13 heteroatoms. The van der Waals surface area contributed by atoms with Crippen molar-refractivity contribution in [1.29, 1.82) is 0 Å². The van der Waals surface area contributed by atoms with Gasteiger partial charge >= 0.3 is 10.2 Å². The molecular weight excluding hydrogens is 593 g/mol. The van der Waals surface area contributed by atoms with Gasteiger partial charge in [0.1, 0.15) is 17.8 Å². The molecule has 0 aliphatic carbocycles. The van der Waals surface area contributed by atoms with E-state index in [1.54, 1.807) is 23.1 Å². The zero-order valence-electron chi connectivity index (χ0n) is 24.6. The number of halogens is 2. The number of anilines is 2. The smallest absolute Gasteiger partial charge is 0.349 e. The summed E-state index contributed by atoms with van der Waals surface area (Å²) in [4.78, 5) is 29.5. The van der Waals surface area contributed by atoms with E-state index in [9.17, 15) is 13.2 Å². The van der Waals surface area contributed by atoms with Crippen LogP contribution in [-0.2, 0) is 15.0 Å². The number of benzene rings is 1. The van der Waals surface area contributed by atoms with Gasteiger partial charge in [0.05, 0.1) is 27.7 Å². The molecule has 2 aromatic heterocycles. The first-order valence-corrected chi connectivity index (χ1v) is 15.8. The molecule has 0 saturated carbocycles. The van der Waals surface area contributed by atoms with Crippen molar-refractivity contribution in [2.45, 2.75) is 52.5 Å². The number of carbonyl (C=O) groups excluding carboxylic acids is 1. The number of fused-ring (bicyclic) bond motifs is 1. The van der Waals surface area contributed by atoms with E-state index in [-0.39, 0.29) is 57.4 Å². The lowest BCUT2D eigenvalue weighted by molar-refractivity contribution is -0.128. The molecule has 0 bridgehead atoms. The average Bonchev–Trinajstić information content (AvgIpc) is 2.96. The maximum absolute atomic E-state index is 15.0. The Labute approximate surface area is 256 Å². The summed E-state index contributed by atoms with van der Waals surface area (Å²) in [6, 6.07) is 7.31. The lowest BCUT2D eigenvalue weighted by atomic mass is 10.0. The van der Waals surface area contributed by atoms with Crippen molar-refractivity contribution < 1.29 is 17.6 Å². The standard InChI is InChI=1S/C30H33ClFN7O3S/c1-7-24(40)37-12-13-38(19(6)15-37)30-21-14-22(31)27(20-10-8-9-11-23(20)32)35-29(21)39(43(41,42)36-30)28-25(17(2)3)33-16-34-26(28)18(4)5/h7-11,14,16-19H,1,12-13,15H2,2-6H3/t19-/m0/s1. The van der Waals surface area contributed by atoms with Crippen LogP contribution in [0.2, 0.25) is 5.02 Å². The van der Waals surface area contributed by atoms with Crippen molar-refractivity contribution in [3.05, 3.63) is 77.1 Å². The number of pyridine rings is 1. The van der Waals surface area contributed by atoms with Crippen LogP contribution < -0.4 is 4.31 Å². The maximum atomic E-state index is 15.0. The van der Waals surface area contributed by atoms with E-state index in [1.807, 2.05) is 39.5 Å². The second-order valence-electron chi connectivity index (χ2n) is 11.2. The Bertz CT molecular complexity index is 1720. The summed E-state index contributed by atoms with van der Waals surface area (Å²) in [5.41, 5.74) is 1.83. The molecule has 3 aromatic rings. The van der Waals surface area contributed by atoms with E-state index in [1.165, 1.54) is 24.5 Å². The molecule has 0 N–H and O–H groups in total. The van der Waals surface area contributed by atoms with Crippen LogP contribution in [0.15, 0.2) is 53.7 Å². The van der Waals surface area contributed by atoms with Gasteiger partial charge in [-0.2, -0.15) is 12.7 Å². The van der Waals surface area contributed by atoms with E-state index in [4.69, 9.17) is 16.6 Å². The summed E-state index contributed by atoms with van der Waals surface area (Å²) in [5, 5.41) is 0.126. The highest BCUT2D eigenvalue weighted by molar-refractivity contribution is 7.92. The van der Waals surface area contributed by atoms with Crippen LogP contribution in [0.25, 0.3) is 11.3 Å². The van der Waals surface area contributed by atoms with Crippen LogP contribution in [0, 0.1) is 5.82 Å². The Balaban J connectivity index is 1.79. The lowest BCUT2D eigenvalue weighted by Crippen LogP contribution is -2.56. The number of hydrogen-bond donors (Lipinski definition) is 0. The van der Waals surface area contributed by atoms with Gasteiger partial charge in [-0.1, -0.05) is 58.0 Å². The first kappa shape index (κ1) is 30.6. The van der Waals surface area contributed by atoms with Gasteiger partial charge in [0, 0.05) is 31.2 Å². The maximum Gasteiger partial charge on any atom is 0.352 e. The summed E-state index contributed by atoms with van der Waals surface area (Å²) in [6.07, 6.45) is 2.68. The SMILES string of the molecule is C=CC(=O)N1CCN(C2=NS(=O)(=O)N(c3c(C(C)C)ncnc3C(C)C)c3nc(-c4ccccc4F)c(Cl)cc32)[C@@H](C)C1. The Morgan fingerprint density at radius 2 is 1.74 bits per heavy atom. The Morgan fingerprint density at radius 3 is 2.33 bits per heavy atom. The summed E-state index contributed by atoms with van der Waals surface area (Å²) in [7, 11) is -4.48. The van der Waals surface area contributed by atoms with Gasteiger partial charge in [-0.05, 0) is 43.0 Å². The third-order valence-corrected chi connectivity index (χ3v) is 9.02. The number of aromatic nitrogens is 3. The van der Waals surface area contributed by atoms with Crippen molar-refractivity contribution in [2.75, 3.05) is 23.9 Å². The molecule has 1 saturated heterocycles. The first-order valence-electron chi connectivity index (χ1n) is 14.0. The monoisotopic (exact) mass is 625 g/mol. The van der Waals surface area contributed by atoms with Crippen molar-refractivity contribution in [2.24, 2.45) is 4.40 Å². The second kappa shape index (κ2) is 11.6. The minimum absolute atomic E-state index is 0.0167. The average molecular weight is 626 g/mol. The fourth-order valence-electron chi connectivity index (χ4n) is 5.44. The van der Waals surface area contributed by atoms with E-state index in [0.717, 1.165) is 4.31 Å². The molecule has 1 fully saturated rings. The predicted molar refractivity (Wildman–Crippen MR) is 165 cm³/mol. The molecule has 226 valence electrons. The number of nitrogens with zero attached hydrogens (tertiary/aromatic N) is 7. The van der Waals surface area contributed by atoms with Crippen LogP contribution in [0.5, 0.6) is 0 Å². The van der Waals surface area contributed by atoms with Crippen molar-refractivity contribution in [1.82, 2.24) is 24.8 Å². The van der Waals surface area contributed by atoms with Gasteiger partial charge in [0.15, 0.2) is 11.7 Å². The molecule has 0 unspecified atom stereocenters. The molecule has 2 aliphatic heterocycles. The highest BCUT2D eigenvalue weighted by atomic mass is 35.5. The molecule has 2 aliphatic rings. The molecule has 1 amide bonds. The minimum atomic E-state index is -4.48. The Hall–Kier alpha value is -3.90. The Kier molecular flexibility index (Phi) is 8.28. The molecule has 4 heterocycles. The molecule has 43 heavy (non-hydrogen) atoms. The number of piperazine rings is 1. The zero-order chi connectivity index (χ0) is 31.2. The van der Waals surface area contributed by atoms with Crippen LogP contribution in [0.1, 0.15) is 63.4 Å². The molecule has 1 atom stereocenters. The highest BCUT2D eigenvalue weighted by Crippen LogP contribution is 2.44.